The fourth-order valence-corrected chi connectivity index (χ4v) is 6.29. The Morgan fingerprint density at radius 1 is 0.949 bits per heavy atom. The summed E-state index contributed by atoms with van der Waals surface area (Å²) < 4.78 is 14.3. The van der Waals surface area contributed by atoms with E-state index in [2.05, 4.69) is 15.2 Å². The minimum atomic E-state index is -0.576. The molecule has 8 heteroatoms. The van der Waals surface area contributed by atoms with Crippen LogP contribution >= 0.6 is 11.6 Å². The van der Waals surface area contributed by atoms with Crippen molar-refractivity contribution in [2.24, 2.45) is 11.8 Å². The van der Waals surface area contributed by atoms with Gasteiger partial charge in [-0.15, -0.1) is 0 Å². The lowest BCUT2D eigenvalue weighted by Gasteiger charge is -2.25. The monoisotopic (exact) mass is 544 g/mol. The van der Waals surface area contributed by atoms with Crippen molar-refractivity contribution in [3.63, 3.8) is 0 Å². The number of aromatic nitrogens is 1. The van der Waals surface area contributed by atoms with Crippen molar-refractivity contribution >= 4 is 34.3 Å². The van der Waals surface area contributed by atoms with E-state index in [0.29, 0.717) is 30.6 Å². The summed E-state index contributed by atoms with van der Waals surface area (Å²) in [6, 6.07) is 24.0. The number of carbonyl (C=O) groups excluding carboxylic acids is 2. The van der Waals surface area contributed by atoms with E-state index in [9.17, 15) is 14.0 Å². The molecule has 2 amide bonds. The Hall–Kier alpha value is -3.68. The largest absolute Gasteiger partial charge is 0.351 e. The second-order valence-electron chi connectivity index (χ2n) is 10.6. The first-order chi connectivity index (χ1) is 19.0. The highest BCUT2D eigenvalue weighted by Crippen LogP contribution is 2.34. The van der Waals surface area contributed by atoms with Gasteiger partial charge in [-0.3, -0.25) is 9.59 Å². The van der Waals surface area contributed by atoms with Crippen LogP contribution in [0, 0.1) is 17.7 Å². The highest BCUT2D eigenvalue weighted by molar-refractivity contribution is 6.33. The number of rotatable bonds is 7. The summed E-state index contributed by atoms with van der Waals surface area (Å²) in [5, 5.41) is 4.40. The lowest BCUT2D eigenvalue weighted by atomic mass is 10.0. The molecule has 2 unspecified atom stereocenters. The summed E-state index contributed by atoms with van der Waals surface area (Å²) in [5.41, 5.74) is 2.52. The van der Waals surface area contributed by atoms with E-state index in [1.54, 1.807) is 11.0 Å². The average Bonchev–Trinajstić information content (AvgIpc) is 3.64. The number of fused-ring (bicyclic) bond motifs is 2. The molecule has 39 heavy (non-hydrogen) atoms. The maximum atomic E-state index is 14.3. The molecule has 0 aliphatic carbocycles. The smallest absolute Gasteiger partial charge is 0.268 e. The summed E-state index contributed by atoms with van der Waals surface area (Å²) in [6.45, 7) is 3.77. The van der Waals surface area contributed by atoms with Crippen molar-refractivity contribution in [2.75, 3.05) is 32.7 Å². The Bertz CT molecular complexity index is 1440. The standard InChI is InChI=1S/C31H30ClFN4O2/c32-24-10-6-11-25(33)29(24)31(39)37-18-22-16-36(17-23(22)19-37)14-13-27(20-7-2-1-3-8-20)35-30(38)28-15-21-9-4-5-12-26(21)34-28/h1-12,15,22-23,27,34H,13-14,16-19H2,(H,35,38)/t22-,23?,27?/m0/s1. The molecule has 1 aromatic heterocycles. The van der Waals surface area contributed by atoms with Crippen LogP contribution in [-0.2, 0) is 0 Å². The number of likely N-dealkylation sites (tertiary alicyclic amines) is 2. The third-order valence-corrected chi connectivity index (χ3v) is 8.36. The summed E-state index contributed by atoms with van der Waals surface area (Å²) >= 11 is 6.14. The van der Waals surface area contributed by atoms with E-state index in [1.807, 2.05) is 60.7 Å². The summed E-state index contributed by atoms with van der Waals surface area (Å²) in [4.78, 5) is 33.6. The number of carbonyl (C=O) groups is 2. The lowest BCUT2D eigenvalue weighted by Crippen LogP contribution is -2.35. The average molecular weight is 545 g/mol. The molecule has 2 N–H and O–H groups in total. The van der Waals surface area contributed by atoms with Gasteiger partial charge in [0.1, 0.15) is 11.5 Å². The van der Waals surface area contributed by atoms with Gasteiger partial charge in [0.05, 0.1) is 16.6 Å². The topological polar surface area (TPSA) is 68.4 Å². The van der Waals surface area contributed by atoms with Crippen molar-refractivity contribution in [2.45, 2.75) is 12.5 Å². The van der Waals surface area contributed by atoms with Gasteiger partial charge in [-0.05, 0) is 48.1 Å². The molecule has 0 spiro atoms. The van der Waals surface area contributed by atoms with Crippen LogP contribution < -0.4 is 5.32 Å². The number of nitrogens with one attached hydrogen (secondary N) is 2. The Kier molecular flexibility index (Phi) is 7.11. The van der Waals surface area contributed by atoms with Crippen LogP contribution in [0.3, 0.4) is 0 Å². The SMILES string of the molecule is O=C(NC(CCN1CC2CN(C(=O)c3c(F)cccc3Cl)C[C@@H]2C1)c1ccccc1)c1cc2ccccc2[nH]1. The van der Waals surface area contributed by atoms with Crippen LogP contribution in [0.5, 0.6) is 0 Å². The summed E-state index contributed by atoms with van der Waals surface area (Å²) in [6.07, 6.45) is 0.767. The van der Waals surface area contributed by atoms with Crippen LogP contribution in [0.15, 0.2) is 78.9 Å². The molecule has 2 aliphatic rings. The van der Waals surface area contributed by atoms with Gasteiger partial charge in [0.15, 0.2) is 0 Å². The first-order valence-corrected chi connectivity index (χ1v) is 13.7. The van der Waals surface area contributed by atoms with E-state index in [4.69, 9.17) is 11.6 Å². The zero-order chi connectivity index (χ0) is 26.9. The number of halogens is 2. The van der Waals surface area contributed by atoms with Crippen LogP contribution in [0.1, 0.15) is 38.9 Å². The van der Waals surface area contributed by atoms with E-state index in [0.717, 1.165) is 42.5 Å². The number of para-hydroxylation sites is 1. The molecule has 2 saturated heterocycles. The number of amides is 2. The van der Waals surface area contributed by atoms with Crippen LogP contribution in [0.25, 0.3) is 10.9 Å². The van der Waals surface area contributed by atoms with Crippen LogP contribution in [-0.4, -0.2) is 59.3 Å². The highest BCUT2D eigenvalue weighted by atomic mass is 35.5. The molecular weight excluding hydrogens is 515 g/mol. The lowest BCUT2D eigenvalue weighted by molar-refractivity contribution is 0.0769. The molecule has 3 heterocycles. The van der Waals surface area contributed by atoms with Gasteiger partial charge in [0, 0.05) is 43.6 Å². The molecular formula is C31H30ClFN4O2. The molecule has 3 atom stereocenters. The number of nitrogens with zero attached hydrogens (tertiary/aromatic N) is 2. The molecule has 4 aromatic rings. The Morgan fingerprint density at radius 2 is 1.67 bits per heavy atom. The summed E-state index contributed by atoms with van der Waals surface area (Å²) in [7, 11) is 0. The van der Waals surface area contributed by atoms with Crippen molar-refractivity contribution in [3.05, 3.63) is 107 Å². The number of benzene rings is 3. The Balaban J connectivity index is 1.08. The second kappa shape index (κ2) is 10.8. The van der Waals surface area contributed by atoms with Gasteiger partial charge in [-0.2, -0.15) is 0 Å². The van der Waals surface area contributed by atoms with Gasteiger partial charge < -0.3 is 20.1 Å². The van der Waals surface area contributed by atoms with E-state index < -0.39 is 5.82 Å². The fraction of sp³-hybridized carbons (Fsp3) is 0.290. The van der Waals surface area contributed by atoms with Crippen molar-refractivity contribution < 1.29 is 14.0 Å². The molecule has 2 fully saturated rings. The zero-order valence-corrected chi connectivity index (χ0v) is 22.2. The van der Waals surface area contributed by atoms with Crippen LogP contribution in [0.2, 0.25) is 5.02 Å². The predicted molar refractivity (Wildman–Crippen MR) is 150 cm³/mol. The zero-order valence-electron chi connectivity index (χ0n) is 21.4. The third kappa shape index (κ3) is 5.29. The summed E-state index contributed by atoms with van der Waals surface area (Å²) in [5.74, 6) is -0.346. The molecule has 6 rings (SSSR count). The first-order valence-electron chi connectivity index (χ1n) is 13.4. The predicted octanol–water partition coefficient (Wildman–Crippen LogP) is 5.53. The second-order valence-corrected chi connectivity index (χ2v) is 11.0. The van der Waals surface area contributed by atoms with Gasteiger partial charge in [-0.25, -0.2) is 4.39 Å². The van der Waals surface area contributed by atoms with Gasteiger partial charge >= 0.3 is 0 Å². The van der Waals surface area contributed by atoms with E-state index in [1.165, 1.54) is 12.1 Å². The van der Waals surface area contributed by atoms with Crippen LogP contribution in [0.4, 0.5) is 4.39 Å². The number of hydrogen-bond acceptors (Lipinski definition) is 3. The molecule has 3 aromatic carbocycles. The van der Waals surface area contributed by atoms with Gasteiger partial charge in [0.2, 0.25) is 0 Å². The Morgan fingerprint density at radius 3 is 2.38 bits per heavy atom. The van der Waals surface area contributed by atoms with Gasteiger partial charge in [-0.1, -0.05) is 66.2 Å². The van der Waals surface area contributed by atoms with E-state index >= 15 is 0 Å². The number of H-pyrrole nitrogens is 1. The molecule has 0 bridgehead atoms. The third-order valence-electron chi connectivity index (χ3n) is 8.04. The highest BCUT2D eigenvalue weighted by Gasteiger charge is 2.42. The molecule has 0 saturated carbocycles. The maximum absolute atomic E-state index is 14.3. The normalized spacial score (nSPS) is 19.8. The quantitative estimate of drug-likeness (QED) is 0.322. The van der Waals surface area contributed by atoms with E-state index in [-0.39, 0.29) is 28.4 Å². The van der Waals surface area contributed by atoms with Crippen molar-refractivity contribution in [1.82, 2.24) is 20.1 Å². The van der Waals surface area contributed by atoms with Gasteiger partial charge in [0.25, 0.3) is 11.8 Å². The first kappa shape index (κ1) is 25.6. The van der Waals surface area contributed by atoms with Crippen molar-refractivity contribution in [3.8, 4) is 0 Å². The molecule has 200 valence electrons. The maximum Gasteiger partial charge on any atom is 0.268 e. The number of aromatic amines is 1. The molecule has 2 aliphatic heterocycles. The molecule has 0 radical (unpaired) electrons. The minimum absolute atomic E-state index is 0.0348. The molecule has 6 nitrogen and oxygen atoms in total. The minimum Gasteiger partial charge on any atom is -0.351 e. The van der Waals surface area contributed by atoms with Crippen molar-refractivity contribution in [1.29, 1.82) is 0 Å². The Labute approximate surface area is 231 Å². The fourth-order valence-electron chi connectivity index (χ4n) is 6.05. The number of hydrogen-bond donors (Lipinski definition) is 2.